The molecular weight excluding hydrogens is 542 g/mol. The van der Waals surface area contributed by atoms with Crippen LogP contribution in [0.4, 0.5) is 17.3 Å². The molecule has 3 aromatic rings. The van der Waals surface area contributed by atoms with Crippen molar-refractivity contribution in [3.8, 4) is 5.88 Å². The van der Waals surface area contributed by atoms with Crippen molar-refractivity contribution in [1.82, 2.24) is 24.6 Å². The molecular formula is C21H23Br2N7O2. The monoisotopic (exact) mass is 563 g/mol. The lowest BCUT2D eigenvalue weighted by molar-refractivity contribution is 0.102. The normalized spacial score (nSPS) is 14.9. The zero-order chi connectivity index (χ0) is 22.7. The van der Waals surface area contributed by atoms with Gasteiger partial charge in [0, 0.05) is 21.3 Å². The molecule has 1 saturated heterocycles. The second kappa shape index (κ2) is 9.97. The lowest BCUT2D eigenvalue weighted by Crippen LogP contribution is -2.31. The van der Waals surface area contributed by atoms with Gasteiger partial charge in [0.25, 0.3) is 5.91 Å². The first-order valence-electron chi connectivity index (χ1n) is 10.1. The number of benzene rings is 1. The van der Waals surface area contributed by atoms with Crippen LogP contribution >= 0.6 is 31.9 Å². The zero-order valence-corrected chi connectivity index (χ0v) is 20.9. The third-order valence-corrected chi connectivity index (χ3v) is 6.63. The van der Waals surface area contributed by atoms with E-state index in [1.165, 1.54) is 13.3 Å². The van der Waals surface area contributed by atoms with E-state index in [9.17, 15) is 4.79 Å². The summed E-state index contributed by atoms with van der Waals surface area (Å²) in [4.78, 5) is 23.8. The molecule has 2 aromatic heterocycles. The van der Waals surface area contributed by atoms with Crippen molar-refractivity contribution in [3.63, 3.8) is 0 Å². The molecule has 1 aromatic carbocycles. The molecule has 1 fully saturated rings. The van der Waals surface area contributed by atoms with Crippen LogP contribution in [0.1, 0.15) is 29.2 Å². The molecule has 0 radical (unpaired) electrons. The number of halogens is 2. The number of anilines is 3. The van der Waals surface area contributed by atoms with Gasteiger partial charge in [-0.25, -0.2) is 4.98 Å². The third kappa shape index (κ3) is 5.11. The molecule has 1 aliphatic rings. The summed E-state index contributed by atoms with van der Waals surface area (Å²) in [6.07, 6.45) is 7.28. The number of nitrogens with zero attached hydrogens (tertiary/aromatic N) is 5. The maximum absolute atomic E-state index is 12.8. The summed E-state index contributed by atoms with van der Waals surface area (Å²) in [6.45, 7) is 2.13. The molecule has 9 nitrogen and oxygen atoms in total. The van der Waals surface area contributed by atoms with Gasteiger partial charge in [0.2, 0.25) is 11.8 Å². The van der Waals surface area contributed by atoms with Crippen molar-refractivity contribution >= 4 is 55.1 Å². The number of likely N-dealkylation sites (tertiary alicyclic amines) is 1. The highest BCUT2D eigenvalue weighted by Crippen LogP contribution is 2.31. The largest absolute Gasteiger partial charge is 0.480 e. The van der Waals surface area contributed by atoms with Crippen molar-refractivity contribution in [2.45, 2.75) is 18.9 Å². The molecule has 32 heavy (non-hydrogen) atoms. The Bertz CT molecular complexity index is 1090. The summed E-state index contributed by atoms with van der Waals surface area (Å²) in [7, 11) is 3.60. The number of hydrogen-bond acceptors (Lipinski definition) is 7. The summed E-state index contributed by atoms with van der Waals surface area (Å²) in [5.41, 5.74) is 1.62. The molecule has 0 unspecified atom stereocenters. The Morgan fingerprint density at radius 1 is 1.19 bits per heavy atom. The van der Waals surface area contributed by atoms with Crippen LogP contribution in [0.3, 0.4) is 0 Å². The minimum Gasteiger partial charge on any atom is -0.480 e. The van der Waals surface area contributed by atoms with E-state index >= 15 is 0 Å². The number of aromatic nitrogens is 4. The standard InChI is InChI=1S/C21H23Br2N7O2/c1-29-8-6-14(7-9-29)30-12-13(10-25-30)26-21-24-11-15(20(28-21)32-2)19(31)27-18-16(22)4-3-5-17(18)23/h3-5,10-12,14H,6-9H2,1-2H3,(H,27,31)(H,24,26,28). The summed E-state index contributed by atoms with van der Waals surface area (Å²) in [6, 6.07) is 5.93. The molecule has 0 aliphatic carbocycles. The number of nitrogens with one attached hydrogen (secondary N) is 2. The van der Waals surface area contributed by atoms with Crippen molar-refractivity contribution in [2.75, 3.05) is 37.9 Å². The van der Waals surface area contributed by atoms with E-state index in [-0.39, 0.29) is 17.4 Å². The van der Waals surface area contributed by atoms with Crippen LogP contribution in [0.2, 0.25) is 0 Å². The molecule has 3 heterocycles. The second-order valence-corrected chi connectivity index (χ2v) is 9.24. The van der Waals surface area contributed by atoms with Gasteiger partial charge in [-0.05, 0) is 77.0 Å². The number of amides is 1. The van der Waals surface area contributed by atoms with Gasteiger partial charge in [-0.1, -0.05) is 6.07 Å². The fraction of sp³-hybridized carbons (Fsp3) is 0.333. The Balaban J connectivity index is 1.47. The van der Waals surface area contributed by atoms with Gasteiger partial charge < -0.3 is 20.3 Å². The lowest BCUT2D eigenvalue weighted by atomic mass is 10.1. The zero-order valence-electron chi connectivity index (χ0n) is 17.7. The maximum atomic E-state index is 12.8. The second-order valence-electron chi connectivity index (χ2n) is 7.54. The van der Waals surface area contributed by atoms with Crippen LogP contribution in [-0.4, -0.2) is 57.8 Å². The first-order valence-corrected chi connectivity index (χ1v) is 11.7. The van der Waals surface area contributed by atoms with Crippen molar-refractivity contribution in [1.29, 1.82) is 0 Å². The van der Waals surface area contributed by atoms with Crippen LogP contribution in [0.25, 0.3) is 0 Å². The van der Waals surface area contributed by atoms with Gasteiger partial charge in [-0.2, -0.15) is 10.1 Å². The number of methoxy groups -OCH3 is 1. The van der Waals surface area contributed by atoms with Gasteiger partial charge >= 0.3 is 0 Å². The Labute approximate surface area is 202 Å². The Kier molecular flexibility index (Phi) is 7.07. The fourth-order valence-corrected chi connectivity index (χ4v) is 4.72. The molecule has 11 heteroatoms. The van der Waals surface area contributed by atoms with Crippen LogP contribution in [0, 0.1) is 0 Å². The number of rotatable bonds is 6. The smallest absolute Gasteiger partial charge is 0.262 e. The number of para-hydroxylation sites is 1. The first kappa shape index (κ1) is 22.7. The lowest BCUT2D eigenvalue weighted by Gasteiger charge is -2.28. The average Bonchev–Trinajstić information content (AvgIpc) is 3.25. The molecule has 4 rings (SSSR count). The molecule has 1 aliphatic heterocycles. The van der Waals surface area contributed by atoms with Crippen LogP contribution in [0.5, 0.6) is 5.88 Å². The van der Waals surface area contributed by atoms with Crippen LogP contribution in [0.15, 0.2) is 45.7 Å². The molecule has 0 bridgehead atoms. The van der Waals surface area contributed by atoms with Crippen LogP contribution in [-0.2, 0) is 0 Å². The Morgan fingerprint density at radius 2 is 1.91 bits per heavy atom. The highest BCUT2D eigenvalue weighted by molar-refractivity contribution is 9.11. The number of ether oxygens (including phenoxy) is 1. The molecule has 0 saturated carbocycles. The molecule has 1 amide bonds. The molecule has 0 atom stereocenters. The summed E-state index contributed by atoms with van der Waals surface area (Å²) < 4.78 is 8.84. The average molecular weight is 565 g/mol. The van der Waals surface area contributed by atoms with Gasteiger partial charge in [0.15, 0.2) is 0 Å². The number of carbonyl (C=O) groups is 1. The van der Waals surface area contributed by atoms with Crippen LogP contribution < -0.4 is 15.4 Å². The third-order valence-electron chi connectivity index (χ3n) is 5.31. The highest BCUT2D eigenvalue weighted by atomic mass is 79.9. The number of carbonyl (C=O) groups excluding carboxylic acids is 1. The fourth-order valence-electron chi connectivity index (χ4n) is 3.53. The maximum Gasteiger partial charge on any atom is 0.262 e. The predicted octanol–water partition coefficient (Wildman–Crippen LogP) is 4.47. The number of piperidine rings is 1. The van der Waals surface area contributed by atoms with E-state index in [2.05, 4.69) is 69.5 Å². The minimum atomic E-state index is -0.379. The summed E-state index contributed by atoms with van der Waals surface area (Å²) >= 11 is 6.88. The van der Waals surface area contributed by atoms with Crippen molar-refractivity contribution in [3.05, 3.63) is 51.3 Å². The topological polar surface area (TPSA) is 97.2 Å². The SMILES string of the molecule is COc1nc(Nc2cnn(C3CCN(C)CC3)c2)ncc1C(=O)Nc1c(Br)cccc1Br. The van der Waals surface area contributed by atoms with E-state index in [1.54, 1.807) is 6.20 Å². The number of hydrogen-bond donors (Lipinski definition) is 2. The van der Waals surface area contributed by atoms with E-state index in [0.29, 0.717) is 17.7 Å². The van der Waals surface area contributed by atoms with Gasteiger partial charge in [0.05, 0.1) is 30.7 Å². The van der Waals surface area contributed by atoms with E-state index in [1.807, 2.05) is 29.1 Å². The van der Waals surface area contributed by atoms with E-state index < -0.39 is 0 Å². The minimum absolute atomic E-state index is 0.172. The highest BCUT2D eigenvalue weighted by Gasteiger charge is 2.20. The Hall–Kier alpha value is -2.50. The summed E-state index contributed by atoms with van der Waals surface area (Å²) in [5.74, 6) is 0.116. The molecule has 0 spiro atoms. The van der Waals surface area contributed by atoms with Gasteiger partial charge in [-0.3, -0.25) is 9.48 Å². The van der Waals surface area contributed by atoms with Gasteiger partial charge in [0.1, 0.15) is 5.56 Å². The predicted molar refractivity (Wildman–Crippen MR) is 130 cm³/mol. The van der Waals surface area contributed by atoms with E-state index in [0.717, 1.165) is 40.6 Å². The van der Waals surface area contributed by atoms with E-state index in [4.69, 9.17) is 4.74 Å². The van der Waals surface area contributed by atoms with Crippen molar-refractivity contribution in [2.24, 2.45) is 0 Å². The molecule has 168 valence electrons. The Morgan fingerprint density at radius 3 is 2.59 bits per heavy atom. The quantitative estimate of drug-likeness (QED) is 0.456. The first-order chi connectivity index (χ1) is 15.4. The van der Waals surface area contributed by atoms with Gasteiger partial charge in [-0.15, -0.1) is 0 Å². The van der Waals surface area contributed by atoms with Crippen molar-refractivity contribution < 1.29 is 9.53 Å². The molecule has 2 N–H and O–H groups in total. The summed E-state index contributed by atoms with van der Waals surface area (Å²) in [5, 5.41) is 10.5.